The van der Waals surface area contributed by atoms with Gasteiger partial charge in [-0.25, -0.2) is 0 Å². The van der Waals surface area contributed by atoms with Gasteiger partial charge in [0.15, 0.2) is 11.5 Å². The average molecular weight is 408 g/mol. The number of ether oxygens (including phenoxy) is 2. The molecule has 4 nitrogen and oxygen atoms in total. The Balaban J connectivity index is 1.82. The van der Waals surface area contributed by atoms with Crippen molar-refractivity contribution in [2.45, 2.75) is 26.3 Å². The first-order valence-electron chi connectivity index (χ1n) is 9.69. The van der Waals surface area contributed by atoms with E-state index >= 15 is 0 Å². The second-order valence-electron chi connectivity index (χ2n) is 7.45. The zero-order valence-electron chi connectivity index (χ0n) is 17.2. The van der Waals surface area contributed by atoms with Gasteiger partial charge < -0.3 is 14.4 Å². The molecule has 1 amide bonds. The highest BCUT2D eigenvalue weighted by Gasteiger charge is 2.34. The fourth-order valence-electron chi connectivity index (χ4n) is 4.18. The number of rotatable bonds is 4. The van der Waals surface area contributed by atoms with E-state index < -0.39 is 0 Å². The molecular weight excluding hydrogens is 382 g/mol. The lowest BCUT2D eigenvalue weighted by Crippen LogP contribution is -2.40. The molecule has 0 N–H and O–H groups in total. The summed E-state index contributed by atoms with van der Waals surface area (Å²) in [6, 6.07) is 14.1. The predicted octanol–water partition coefficient (Wildman–Crippen LogP) is 5.17. The largest absolute Gasteiger partial charge is 0.493 e. The first-order valence-corrected chi connectivity index (χ1v) is 10.6. The van der Waals surface area contributed by atoms with Gasteiger partial charge in [-0.15, -0.1) is 11.3 Å². The van der Waals surface area contributed by atoms with Crippen LogP contribution in [0.1, 0.15) is 43.5 Å². The quantitative estimate of drug-likeness (QED) is 0.599. The lowest BCUT2D eigenvalue weighted by atomic mass is 9.90. The molecule has 0 spiro atoms. The van der Waals surface area contributed by atoms with Crippen molar-refractivity contribution in [2.75, 3.05) is 20.8 Å². The second kappa shape index (κ2) is 7.91. The molecule has 29 heavy (non-hydrogen) atoms. The molecule has 150 valence electrons. The lowest BCUT2D eigenvalue weighted by molar-refractivity contribution is 0.0696. The van der Waals surface area contributed by atoms with E-state index in [2.05, 4.69) is 17.5 Å². The van der Waals surface area contributed by atoms with E-state index in [1.165, 1.54) is 5.56 Å². The topological polar surface area (TPSA) is 38.8 Å². The zero-order chi connectivity index (χ0) is 20.5. The van der Waals surface area contributed by atoms with Gasteiger partial charge in [-0.2, -0.15) is 0 Å². The van der Waals surface area contributed by atoms with Gasteiger partial charge in [0, 0.05) is 17.0 Å². The molecule has 0 fully saturated rings. The standard InChI is InChI=1S/C24H25NO3S/c1-15-10-16(2)12-18(11-15)24(26)25-8-7-17-13-20(27-3)21(28-4)14-19(17)23(25)22-6-5-9-29-22/h5-6,9-14,23H,7-8H2,1-4H3/t23-/m0/s1. The normalized spacial score (nSPS) is 15.7. The van der Waals surface area contributed by atoms with Crippen molar-refractivity contribution in [1.82, 2.24) is 4.90 Å². The van der Waals surface area contributed by atoms with Crippen molar-refractivity contribution in [1.29, 1.82) is 0 Å². The molecule has 0 unspecified atom stereocenters. The third-order valence-electron chi connectivity index (χ3n) is 5.42. The fraction of sp³-hybridized carbons (Fsp3) is 0.292. The summed E-state index contributed by atoms with van der Waals surface area (Å²) in [6.45, 7) is 4.73. The average Bonchev–Trinajstić information content (AvgIpc) is 3.24. The Bertz CT molecular complexity index is 1020. The van der Waals surface area contributed by atoms with Crippen molar-refractivity contribution in [3.63, 3.8) is 0 Å². The van der Waals surface area contributed by atoms with Crippen LogP contribution < -0.4 is 9.47 Å². The van der Waals surface area contributed by atoms with Crippen LogP contribution in [0.25, 0.3) is 0 Å². The minimum absolute atomic E-state index is 0.0654. The Morgan fingerprint density at radius 3 is 2.34 bits per heavy atom. The van der Waals surface area contributed by atoms with E-state index in [0.717, 1.165) is 39.3 Å². The van der Waals surface area contributed by atoms with Gasteiger partial charge in [-0.3, -0.25) is 4.79 Å². The van der Waals surface area contributed by atoms with Gasteiger partial charge in [-0.05, 0) is 67.1 Å². The number of aryl methyl sites for hydroxylation is 2. The van der Waals surface area contributed by atoms with Crippen LogP contribution in [0, 0.1) is 13.8 Å². The molecule has 3 aromatic rings. The number of benzene rings is 2. The molecule has 1 atom stereocenters. The number of hydrogen-bond acceptors (Lipinski definition) is 4. The maximum atomic E-state index is 13.6. The van der Waals surface area contributed by atoms with Gasteiger partial charge >= 0.3 is 0 Å². The summed E-state index contributed by atoms with van der Waals surface area (Å²) in [5.74, 6) is 1.48. The summed E-state index contributed by atoms with van der Waals surface area (Å²) in [5, 5.41) is 2.06. The number of thiophene rings is 1. The van der Waals surface area contributed by atoms with Gasteiger partial charge in [0.25, 0.3) is 5.91 Å². The molecule has 0 aliphatic carbocycles. The number of fused-ring (bicyclic) bond motifs is 1. The molecule has 0 saturated carbocycles. The molecule has 1 aliphatic rings. The maximum Gasteiger partial charge on any atom is 0.254 e. The predicted molar refractivity (Wildman–Crippen MR) is 116 cm³/mol. The molecule has 1 aliphatic heterocycles. The smallest absolute Gasteiger partial charge is 0.254 e. The van der Waals surface area contributed by atoms with Gasteiger partial charge in [0.2, 0.25) is 0 Å². The molecule has 2 aromatic carbocycles. The summed E-state index contributed by atoms with van der Waals surface area (Å²) in [4.78, 5) is 16.7. The maximum absolute atomic E-state index is 13.6. The van der Waals surface area contributed by atoms with Crippen molar-refractivity contribution < 1.29 is 14.3 Å². The van der Waals surface area contributed by atoms with Gasteiger partial charge in [-0.1, -0.05) is 23.3 Å². The summed E-state index contributed by atoms with van der Waals surface area (Å²) >= 11 is 1.67. The van der Waals surface area contributed by atoms with Crippen molar-refractivity contribution in [3.05, 3.63) is 80.5 Å². The molecule has 1 aromatic heterocycles. The van der Waals surface area contributed by atoms with Crippen LogP contribution in [0.4, 0.5) is 0 Å². The Hall–Kier alpha value is -2.79. The Labute approximate surface area is 175 Å². The van der Waals surface area contributed by atoms with E-state index in [1.54, 1.807) is 25.6 Å². The highest BCUT2D eigenvalue weighted by atomic mass is 32.1. The molecule has 0 bridgehead atoms. The minimum atomic E-state index is -0.133. The van der Waals surface area contributed by atoms with Crippen LogP contribution in [-0.4, -0.2) is 31.6 Å². The molecule has 2 heterocycles. The van der Waals surface area contributed by atoms with Crippen LogP contribution in [0.15, 0.2) is 47.8 Å². The van der Waals surface area contributed by atoms with E-state index in [-0.39, 0.29) is 11.9 Å². The lowest BCUT2D eigenvalue weighted by Gasteiger charge is -2.37. The van der Waals surface area contributed by atoms with Gasteiger partial charge in [0.05, 0.1) is 20.3 Å². The second-order valence-corrected chi connectivity index (χ2v) is 8.43. The summed E-state index contributed by atoms with van der Waals surface area (Å²) in [5.41, 5.74) is 5.25. The first kappa shape index (κ1) is 19.5. The number of amides is 1. The number of nitrogens with zero attached hydrogens (tertiary/aromatic N) is 1. The first-order chi connectivity index (χ1) is 14.0. The summed E-state index contributed by atoms with van der Waals surface area (Å²) in [6.07, 6.45) is 0.786. The van der Waals surface area contributed by atoms with Crippen LogP contribution in [-0.2, 0) is 6.42 Å². The summed E-state index contributed by atoms with van der Waals surface area (Å²) in [7, 11) is 3.30. The van der Waals surface area contributed by atoms with Crippen molar-refractivity contribution in [2.24, 2.45) is 0 Å². The Morgan fingerprint density at radius 1 is 1.03 bits per heavy atom. The third-order valence-corrected chi connectivity index (χ3v) is 6.34. The molecule has 0 saturated heterocycles. The molecule has 0 radical (unpaired) electrons. The number of carbonyl (C=O) groups is 1. The fourth-order valence-corrected chi connectivity index (χ4v) is 5.04. The highest BCUT2D eigenvalue weighted by Crippen LogP contribution is 2.42. The molecular formula is C24H25NO3S. The van der Waals surface area contributed by atoms with Crippen LogP contribution >= 0.6 is 11.3 Å². The molecule has 4 rings (SSSR count). The zero-order valence-corrected chi connectivity index (χ0v) is 18.0. The number of carbonyl (C=O) groups excluding carboxylic acids is 1. The van der Waals surface area contributed by atoms with Gasteiger partial charge in [0.1, 0.15) is 0 Å². The van der Waals surface area contributed by atoms with Crippen LogP contribution in [0.2, 0.25) is 0 Å². The van der Waals surface area contributed by atoms with E-state index in [9.17, 15) is 4.79 Å². The number of methoxy groups -OCH3 is 2. The van der Waals surface area contributed by atoms with Crippen molar-refractivity contribution >= 4 is 17.2 Å². The van der Waals surface area contributed by atoms with E-state index in [0.29, 0.717) is 12.3 Å². The third kappa shape index (κ3) is 3.62. The van der Waals surface area contributed by atoms with Crippen LogP contribution in [0.5, 0.6) is 11.5 Å². The van der Waals surface area contributed by atoms with Crippen LogP contribution in [0.3, 0.4) is 0 Å². The Morgan fingerprint density at radius 2 is 1.72 bits per heavy atom. The summed E-state index contributed by atoms with van der Waals surface area (Å²) < 4.78 is 11.1. The van der Waals surface area contributed by atoms with E-state index in [1.807, 2.05) is 49.1 Å². The van der Waals surface area contributed by atoms with Crippen molar-refractivity contribution in [3.8, 4) is 11.5 Å². The monoisotopic (exact) mass is 407 g/mol. The minimum Gasteiger partial charge on any atom is -0.493 e. The highest BCUT2D eigenvalue weighted by molar-refractivity contribution is 7.10. The van der Waals surface area contributed by atoms with E-state index in [4.69, 9.17) is 9.47 Å². The molecule has 5 heteroatoms. The SMILES string of the molecule is COc1cc2c(cc1OC)[C@@H](c1cccs1)N(C(=O)c1cc(C)cc(C)c1)CC2. The number of hydrogen-bond donors (Lipinski definition) is 0. The Kier molecular flexibility index (Phi) is 5.33.